The summed E-state index contributed by atoms with van der Waals surface area (Å²) in [4.78, 5) is 20.4. The molecule has 1 amide bonds. The first-order valence-corrected chi connectivity index (χ1v) is 8.37. The van der Waals surface area contributed by atoms with Gasteiger partial charge in [0.15, 0.2) is 11.8 Å². The lowest BCUT2D eigenvalue weighted by Crippen LogP contribution is -2.43. The van der Waals surface area contributed by atoms with Crippen molar-refractivity contribution in [3.05, 3.63) is 11.7 Å². The van der Waals surface area contributed by atoms with Gasteiger partial charge >= 0.3 is 0 Å². The number of halogens is 1. The smallest absolute Gasteiger partial charge is 0.242 e. The van der Waals surface area contributed by atoms with Crippen LogP contribution in [0.2, 0.25) is 0 Å². The number of aliphatic imine (C=N–C) groups is 1. The third-order valence-electron chi connectivity index (χ3n) is 2.87. The van der Waals surface area contributed by atoms with Crippen molar-refractivity contribution in [3.63, 3.8) is 0 Å². The molecule has 9 heteroatoms. The van der Waals surface area contributed by atoms with Crippen LogP contribution in [-0.2, 0) is 11.2 Å². The Hall–Kier alpha value is -1.39. The third-order valence-corrected chi connectivity index (χ3v) is 2.87. The van der Waals surface area contributed by atoms with E-state index in [-0.39, 0.29) is 47.9 Å². The molecule has 0 atom stereocenters. The van der Waals surface area contributed by atoms with Gasteiger partial charge in [0.1, 0.15) is 6.54 Å². The van der Waals surface area contributed by atoms with Crippen LogP contribution in [0.4, 0.5) is 0 Å². The van der Waals surface area contributed by atoms with Gasteiger partial charge in [0.25, 0.3) is 0 Å². The molecule has 1 aromatic rings. The van der Waals surface area contributed by atoms with Gasteiger partial charge in [0, 0.05) is 31.0 Å². The first-order chi connectivity index (χ1) is 11.2. The Balaban J connectivity index is 0.00000576. The van der Waals surface area contributed by atoms with Crippen LogP contribution in [0.5, 0.6) is 0 Å². The molecule has 25 heavy (non-hydrogen) atoms. The lowest BCUT2D eigenvalue weighted by molar-refractivity contribution is -0.121. The molecule has 1 aromatic heterocycles. The van der Waals surface area contributed by atoms with Crippen LogP contribution >= 0.6 is 24.0 Å². The Bertz CT molecular complexity index is 551. The van der Waals surface area contributed by atoms with Gasteiger partial charge in [-0.2, -0.15) is 4.98 Å². The zero-order valence-electron chi connectivity index (χ0n) is 16.0. The summed E-state index contributed by atoms with van der Waals surface area (Å²) in [6.45, 7) is 13.2. The predicted octanol–water partition coefficient (Wildman–Crippen LogP) is 1.82. The van der Waals surface area contributed by atoms with Crippen molar-refractivity contribution in [2.45, 2.75) is 59.4 Å². The number of nitrogens with zero attached hydrogens (tertiary/aromatic N) is 3. The summed E-state index contributed by atoms with van der Waals surface area (Å²) >= 11 is 0. The number of aromatic nitrogens is 2. The van der Waals surface area contributed by atoms with Gasteiger partial charge in [-0.05, 0) is 27.7 Å². The highest BCUT2D eigenvalue weighted by Gasteiger charge is 2.13. The topological polar surface area (TPSA) is 104 Å². The summed E-state index contributed by atoms with van der Waals surface area (Å²) in [6.07, 6.45) is 0.596. The molecule has 0 aromatic carbocycles. The van der Waals surface area contributed by atoms with Crippen molar-refractivity contribution >= 4 is 35.8 Å². The molecule has 0 spiro atoms. The van der Waals surface area contributed by atoms with E-state index in [1.807, 2.05) is 41.5 Å². The van der Waals surface area contributed by atoms with Crippen LogP contribution in [0.3, 0.4) is 0 Å². The number of rotatable bonds is 7. The summed E-state index contributed by atoms with van der Waals surface area (Å²) in [6, 6.07) is 0. The summed E-state index contributed by atoms with van der Waals surface area (Å²) < 4.78 is 5.20. The molecular formula is C16H31IN6O2. The molecule has 0 saturated carbocycles. The number of hydrogen-bond acceptors (Lipinski definition) is 5. The first kappa shape index (κ1) is 23.6. The number of amides is 1. The van der Waals surface area contributed by atoms with E-state index in [1.54, 1.807) is 0 Å². The average molecular weight is 466 g/mol. The quantitative estimate of drug-likeness (QED) is 0.322. The van der Waals surface area contributed by atoms with E-state index in [2.05, 4.69) is 31.1 Å². The van der Waals surface area contributed by atoms with E-state index in [0.29, 0.717) is 37.2 Å². The molecule has 144 valence electrons. The Morgan fingerprint density at radius 2 is 1.96 bits per heavy atom. The molecular weight excluding hydrogens is 435 g/mol. The van der Waals surface area contributed by atoms with Crippen LogP contribution in [0.15, 0.2) is 9.52 Å². The Kier molecular flexibility index (Phi) is 10.6. The second kappa shape index (κ2) is 11.3. The maximum absolute atomic E-state index is 11.8. The molecule has 0 bridgehead atoms. The molecule has 8 nitrogen and oxygen atoms in total. The summed E-state index contributed by atoms with van der Waals surface area (Å²) in [7, 11) is 0. The van der Waals surface area contributed by atoms with Crippen molar-refractivity contribution in [2.24, 2.45) is 4.99 Å². The lowest BCUT2D eigenvalue weighted by Gasteiger charge is -2.20. The van der Waals surface area contributed by atoms with Crippen molar-refractivity contribution in [1.82, 2.24) is 26.1 Å². The number of carbonyl (C=O) groups excluding carboxylic acids is 1. The highest BCUT2D eigenvalue weighted by atomic mass is 127. The van der Waals surface area contributed by atoms with Crippen molar-refractivity contribution in [2.75, 3.05) is 19.6 Å². The van der Waals surface area contributed by atoms with E-state index in [0.717, 1.165) is 0 Å². The molecule has 0 aliphatic rings. The summed E-state index contributed by atoms with van der Waals surface area (Å²) in [5.74, 6) is 2.02. The maximum Gasteiger partial charge on any atom is 0.242 e. The fraction of sp³-hybridized carbons (Fsp3) is 0.750. The van der Waals surface area contributed by atoms with Crippen LogP contribution in [0.25, 0.3) is 0 Å². The molecule has 3 N–H and O–H groups in total. The zero-order chi connectivity index (χ0) is 18.2. The molecule has 0 radical (unpaired) electrons. The van der Waals surface area contributed by atoms with Crippen LogP contribution in [0.1, 0.15) is 59.2 Å². The third kappa shape index (κ3) is 10.3. The van der Waals surface area contributed by atoms with Gasteiger partial charge < -0.3 is 20.5 Å². The molecule has 1 rings (SSSR count). The van der Waals surface area contributed by atoms with Gasteiger partial charge in [-0.15, -0.1) is 24.0 Å². The van der Waals surface area contributed by atoms with E-state index >= 15 is 0 Å². The molecule has 0 saturated heterocycles. The zero-order valence-corrected chi connectivity index (χ0v) is 18.3. The van der Waals surface area contributed by atoms with E-state index in [9.17, 15) is 4.79 Å². The Labute approximate surface area is 167 Å². The molecule has 0 fully saturated rings. The van der Waals surface area contributed by atoms with Crippen LogP contribution in [-0.4, -0.2) is 47.2 Å². The van der Waals surface area contributed by atoms with Gasteiger partial charge in [0.2, 0.25) is 11.8 Å². The second-order valence-electron chi connectivity index (χ2n) is 6.87. The highest BCUT2D eigenvalue weighted by molar-refractivity contribution is 14.0. The Morgan fingerprint density at radius 1 is 1.28 bits per heavy atom. The Morgan fingerprint density at radius 3 is 2.48 bits per heavy atom. The molecule has 0 aliphatic carbocycles. The number of carbonyl (C=O) groups is 1. The molecule has 0 unspecified atom stereocenters. The van der Waals surface area contributed by atoms with Crippen LogP contribution < -0.4 is 16.0 Å². The van der Waals surface area contributed by atoms with Crippen molar-refractivity contribution in [1.29, 1.82) is 0 Å². The van der Waals surface area contributed by atoms with Crippen LogP contribution in [0, 0.1) is 0 Å². The SMILES string of the molecule is CCNC(=NCC(=O)NC(C)(C)C)NCCc1nc(C(C)C)no1.I. The minimum Gasteiger partial charge on any atom is -0.357 e. The second-order valence-corrected chi connectivity index (χ2v) is 6.87. The predicted molar refractivity (Wildman–Crippen MR) is 109 cm³/mol. The minimum absolute atomic E-state index is 0. The number of guanidine groups is 1. The monoisotopic (exact) mass is 466 g/mol. The number of nitrogens with one attached hydrogen (secondary N) is 3. The first-order valence-electron chi connectivity index (χ1n) is 8.37. The summed E-state index contributed by atoms with van der Waals surface area (Å²) in [5.41, 5.74) is -0.259. The minimum atomic E-state index is -0.259. The van der Waals surface area contributed by atoms with E-state index in [4.69, 9.17) is 4.52 Å². The van der Waals surface area contributed by atoms with Gasteiger partial charge in [0.05, 0.1) is 0 Å². The van der Waals surface area contributed by atoms with E-state index < -0.39 is 0 Å². The normalized spacial score (nSPS) is 11.9. The summed E-state index contributed by atoms with van der Waals surface area (Å²) in [5, 5.41) is 13.1. The fourth-order valence-electron chi connectivity index (χ4n) is 1.84. The van der Waals surface area contributed by atoms with Crippen molar-refractivity contribution in [3.8, 4) is 0 Å². The standard InChI is InChI=1S/C16H30N6O2.HI/c1-7-17-15(19-10-12(23)21-16(4,5)6)18-9-8-13-20-14(11(2)3)22-24-13;/h11H,7-10H2,1-6H3,(H,21,23)(H2,17,18,19);1H. The molecule has 0 aliphatic heterocycles. The van der Waals surface area contributed by atoms with Gasteiger partial charge in [-0.1, -0.05) is 19.0 Å². The van der Waals surface area contributed by atoms with E-state index in [1.165, 1.54) is 0 Å². The maximum atomic E-state index is 11.8. The number of hydrogen-bond donors (Lipinski definition) is 3. The lowest BCUT2D eigenvalue weighted by atomic mass is 10.1. The highest BCUT2D eigenvalue weighted by Crippen LogP contribution is 2.09. The largest absolute Gasteiger partial charge is 0.357 e. The van der Waals surface area contributed by atoms with Crippen molar-refractivity contribution < 1.29 is 9.32 Å². The fourth-order valence-corrected chi connectivity index (χ4v) is 1.84. The van der Waals surface area contributed by atoms with Gasteiger partial charge in [-0.25, -0.2) is 4.99 Å². The average Bonchev–Trinajstić information content (AvgIpc) is 2.92. The molecule has 1 heterocycles. The van der Waals surface area contributed by atoms with Gasteiger partial charge in [-0.3, -0.25) is 4.79 Å².